The van der Waals surface area contributed by atoms with Gasteiger partial charge in [-0.2, -0.15) is 0 Å². The highest BCUT2D eigenvalue weighted by atomic mass is 32.2. The van der Waals surface area contributed by atoms with Crippen LogP contribution < -0.4 is 16.8 Å². The first-order chi connectivity index (χ1) is 8.61. The molecule has 0 bridgehead atoms. The van der Waals surface area contributed by atoms with E-state index in [1.54, 1.807) is 4.57 Å². The van der Waals surface area contributed by atoms with Crippen LogP contribution in [0, 0.1) is 0 Å². The molecule has 18 heavy (non-hydrogen) atoms. The third-order valence-corrected chi connectivity index (χ3v) is 4.23. The van der Waals surface area contributed by atoms with Crippen molar-refractivity contribution >= 4 is 28.7 Å². The maximum absolute atomic E-state index is 11.3. The number of nitrogens with two attached hydrogens (primary N) is 2. The number of aliphatic hydroxyl groups excluding tert-OH is 1. The molecular formula is C9H12N6O2S. The molecule has 1 aromatic heterocycles. The summed E-state index contributed by atoms with van der Waals surface area (Å²) in [6.07, 6.45) is 1.25. The molecule has 0 aliphatic carbocycles. The van der Waals surface area contributed by atoms with Crippen LogP contribution in [-0.4, -0.2) is 43.6 Å². The standard InChI is InChI=1S/C9H12N6O2S/c10-6(17)4-7-13-3(1-16)5-8(14-9(11)18-5)15(7)2-12-4/h2-3,5,8,13,16H,1H2,(H2,10,17)(H2,11,14)/t3-,5+,8-/m1/s1. The molecule has 9 heteroatoms. The Bertz CT molecular complexity index is 541. The van der Waals surface area contributed by atoms with Crippen molar-refractivity contribution in [3.63, 3.8) is 0 Å². The maximum atomic E-state index is 11.3. The first kappa shape index (κ1) is 11.4. The molecule has 96 valence electrons. The van der Waals surface area contributed by atoms with Crippen molar-refractivity contribution < 1.29 is 9.90 Å². The molecule has 0 unspecified atom stereocenters. The lowest BCUT2D eigenvalue weighted by molar-refractivity contribution is 0.0996. The second kappa shape index (κ2) is 3.89. The van der Waals surface area contributed by atoms with Crippen LogP contribution in [-0.2, 0) is 0 Å². The number of amidine groups is 1. The summed E-state index contributed by atoms with van der Waals surface area (Å²) in [6.45, 7) is -0.0830. The van der Waals surface area contributed by atoms with Gasteiger partial charge >= 0.3 is 0 Å². The lowest BCUT2D eigenvalue weighted by atomic mass is 10.1. The van der Waals surface area contributed by atoms with Gasteiger partial charge in [0, 0.05) is 0 Å². The number of carbonyl (C=O) groups excluding carboxylic acids is 1. The zero-order chi connectivity index (χ0) is 12.9. The van der Waals surface area contributed by atoms with Crippen LogP contribution in [0.1, 0.15) is 16.7 Å². The van der Waals surface area contributed by atoms with E-state index in [0.29, 0.717) is 11.0 Å². The Morgan fingerprint density at radius 3 is 3.11 bits per heavy atom. The first-order valence-electron chi connectivity index (χ1n) is 5.35. The Hall–Kier alpha value is -1.74. The maximum Gasteiger partial charge on any atom is 0.271 e. The molecule has 0 saturated heterocycles. The number of fused-ring (bicyclic) bond motifs is 3. The van der Waals surface area contributed by atoms with E-state index < -0.39 is 5.91 Å². The molecule has 1 amide bonds. The van der Waals surface area contributed by atoms with Gasteiger partial charge in [0.15, 0.2) is 10.9 Å². The number of thioether (sulfide) groups is 1. The van der Waals surface area contributed by atoms with Crippen LogP contribution >= 0.6 is 11.8 Å². The van der Waals surface area contributed by atoms with Gasteiger partial charge in [-0.15, -0.1) is 0 Å². The molecule has 8 nitrogen and oxygen atoms in total. The molecular weight excluding hydrogens is 256 g/mol. The molecule has 3 atom stereocenters. The van der Waals surface area contributed by atoms with Crippen LogP contribution in [0.2, 0.25) is 0 Å². The van der Waals surface area contributed by atoms with Crippen molar-refractivity contribution in [3.05, 3.63) is 12.0 Å². The molecule has 0 radical (unpaired) electrons. The van der Waals surface area contributed by atoms with E-state index >= 15 is 0 Å². The second-order valence-electron chi connectivity index (χ2n) is 4.11. The number of primary amides is 1. The zero-order valence-electron chi connectivity index (χ0n) is 9.28. The third-order valence-electron chi connectivity index (χ3n) is 3.04. The Kier molecular flexibility index (Phi) is 2.45. The van der Waals surface area contributed by atoms with Gasteiger partial charge in [0.25, 0.3) is 5.91 Å². The fraction of sp³-hybridized carbons (Fsp3) is 0.444. The summed E-state index contributed by atoms with van der Waals surface area (Å²) in [5.41, 5.74) is 11.1. The average Bonchev–Trinajstić information content (AvgIpc) is 2.89. The van der Waals surface area contributed by atoms with Gasteiger partial charge in [0.05, 0.1) is 24.2 Å². The van der Waals surface area contributed by atoms with Gasteiger partial charge in [-0.3, -0.25) is 9.36 Å². The molecule has 2 aliphatic rings. The number of anilines is 1. The summed E-state index contributed by atoms with van der Waals surface area (Å²) in [6, 6.07) is -0.243. The molecule has 3 rings (SSSR count). The van der Waals surface area contributed by atoms with E-state index in [2.05, 4.69) is 15.3 Å². The molecule has 2 aliphatic heterocycles. The Morgan fingerprint density at radius 1 is 1.67 bits per heavy atom. The van der Waals surface area contributed by atoms with E-state index in [1.807, 2.05) is 0 Å². The lowest BCUT2D eigenvalue weighted by Crippen LogP contribution is -2.44. The van der Waals surface area contributed by atoms with Crippen LogP contribution in [0.3, 0.4) is 0 Å². The van der Waals surface area contributed by atoms with E-state index in [1.165, 1.54) is 18.1 Å². The minimum atomic E-state index is -0.617. The van der Waals surface area contributed by atoms with Gasteiger partial charge in [-0.25, -0.2) is 9.98 Å². The minimum Gasteiger partial charge on any atom is -0.394 e. The molecule has 0 saturated carbocycles. The van der Waals surface area contributed by atoms with Crippen molar-refractivity contribution in [1.29, 1.82) is 0 Å². The number of nitrogens with zero attached hydrogens (tertiary/aromatic N) is 3. The summed E-state index contributed by atoms with van der Waals surface area (Å²) in [7, 11) is 0. The van der Waals surface area contributed by atoms with E-state index in [4.69, 9.17) is 11.5 Å². The predicted octanol–water partition coefficient (Wildman–Crippen LogP) is -1.30. The highest BCUT2D eigenvalue weighted by Crippen LogP contribution is 2.41. The van der Waals surface area contributed by atoms with E-state index in [-0.39, 0.29) is 29.8 Å². The number of amides is 1. The van der Waals surface area contributed by atoms with Gasteiger partial charge in [0.2, 0.25) is 0 Å². The topological polar surface area (TPSA) is 132 Å². The number of carbonyl (C=O) groups is 1. The zero-order valence-corrected chi connectivity index (χ0v) is 10.1. The Labute approximate surface area is 106 Å². The Morgan fingerprint density at radius 2 is 2.44 bits per heavy atom. The molecule has 0 fully saturated rings. The second-order valence-corrected chi connectivity index (χ2v) is 5.31. The molecule has 0 spiro atoms. The van der Waals surface area contributed by atoms with E-state index in [0.717, 1.165) is 0 Å². The monoisotopic (exact) mass is 268 g/mol. The number of aliphatic hydroxyl groups is 1. The van der Waals surface area contributed by atoms with Crippen molar-refractivity contribution in [2.24, 2.45) is 16.5 Å². The average molecular weight is 268 g/mol. The highest BCUT2D eigenvalue weighted by Gasteiger charge is 2.42. The number of nitrogens with one attached hydrogen (secondary N) is 1. The first-order valence-corrected chi connectivity index (χ1v) is 6.23. The fourth-order valence-electron chi connectivity index (χ4n) is 2.24. The molecule has 6 N–H and O–H groups in total. The van der Waals surface area contributed by atoms with Gasteiger partial charge in [0.1, 0.15) is 12.0 Å². The van der Waals surface area contributed by atoms with Crippen molar-refractivity contribution in [3.8, 4) is 0 Å². The summed E-state index contributed by atoms with van der Waals surface area (Å²) >= 11 is 1.40. The summed E-state index contributed by atoms with van der Waals surface area (Å²) < 4.78 is 1.73. The van der Waals surface area contributed by atoms with Crippen LogP contribution in [0.5, 0.6) is 0 Å². The van der Waals surface area contributed by atoms with Crippen LogP contribution in [0.4, 0.5) is 5.82 Å². The third kappa shape index (κ3) is 1.47. The largest absolute Gasteiger partial charge is 0.394 e. The molecule has 3 heterocycles. The van der Waals surface area contributed by atoms with Crippen molar-refractivity contribution in [2.45, 2.75) is 17.5 Å². The highest BCUT2D eigenvalue weighted by molar-refractivity contribution is 8.14. The smallest absolute Gasteiger partial charge is 0.271 e. The number of aliphatic imine (C=N–C) groups is 1. The number of hydrogen-bond donors (Lipinski definition) is 4. The predicted molar refractivity (Wildman–Crippen MR) is 67.3 cm³/mol. The van der Waals surface area contributed by atoms with Gasteiger partial charge in [-0.05, 0) is 0 Å². The van der Waals surface area contributed by atoms with E-state index in [9.17, 15) is 9.90 Å². The van der Waals surface area contributed by atoms with Crippen LogP contribution in [0.25, 0.3) is 0 Å². The normalized spacial score (nSPS) is 29.2. The summed E-state index contributed by atoms with van der Waals surface area (Å²) in [4.78, 5) is 19.5. The minimum absolute atomic E-state index is 0.0163. The quantitative estimate of drug-likeness (QED) is 0.527. The Balaban J connectivity index is 2.08. The van der Waals surface area contributed by atoms with Gasteiger partial charge in [-0.1, -0.05) is 11.8 Å². The fourth-order valence-corrected chi connectivity index (χ4v) is 3.32. The molecule has 0 aromatic carbocycles. The van der Waals surface area contributed by atoms with Crippen molar-refractivity contribution in [1.82, 2.24) is 9.55 Å². The lowest BCUT2D eigenvalue weighted by Gasteiger charge is -2.33. The van der Waals surface area contributed by atoms with Crippen molar-refractivity contribution in [2.75, 3.05) is 11.9 Å². The summed E-state index contributed by atoms with van der Waals surface area (Å²) in [5, 5.41) is 12.9. The summed E-state index contributed by atoms with van der Waals surface area (Å²) in [5.74, 6) is -0.129. The van der Waals surface area contributed by atoms with Gasteiger partial charge < -0.3 is 21.9 Å². The van der Waals surface area contributed by atoms with Crippen LogP contribution in [0.15, 0.2) is 11.3 Å². The number of hydrogen-bond acceptors (Lipinski definition) is 7. The number of imidazole rings is 1. The number of rotatable bonds is 2. The molecule has 1 aromatic rings. The SMILES string of the molecule is NC(=O)c1ncn2c1N[C@H](CO)[C@@H]1SC(N)=N[C@@H]12. The number of aromatic nitrogens is 2.